The van der Waals surface area contributed by atoms with Gasteiger partial charge in [-0.3, -0.25) is 9.36 Å². The lowest BCUT2D eigenvalue weighted by atomic mass is 10.1. The maximum Gasteiger partial charge on any atom is 0.328 e. The topological polar surface area (TPSA) is 135 Å². The van der Waals surface area contributed by atoms with Gasteiger partial charge in [-0.25, -0.2) is 9.69 Å². The molecule has 1 aliphatic rings. The van der Waals surface area contributed by atoms with E-state index in [-0.39, 0.29) is 11.2 Å². The van der Waals surface area contributed by atoms with Gasteiger partial charge in [0.2, 0.25) is 0 Å². The first-order chi connectivity index (χ1) is 17.6. The highest BCUT2D eigenvalue weighted by atomic mass is 16.3. The second-order valence-corrected chi connectivity index (χ2v) is 8.74. The molecule has 6 N–H and O–H groups in total. The highest BCUT2D eigenvalue weighted by Gasteiger charge is 2.30. The summed E-state index contributed by atoms with van der Waals surface area (Å²) in [7, 11) is 0. The highest BCUT2D eigenvalue weighted by Crippen LogP contribution is 2.31. The van der Waals surface area contributed by atoms with Crippen LogP contribution in [0.3, 0.4) is 0 Å². The van der Waals surface area contributed by atoms with E-state index in [0.717, 1.165) is 30.8 Å². The third-order valence-corrected chi connectivity index (χ3v) is 6.24. The number of benzene rings is 2. The van der Waals surface area contributed by atoms with Gasteiger partial charge in [0.15, 0.2) is 6.35 Å². The number of rotatable bonds is 12. The van der Waals surface area contributed by atoms with Crippen LogP contribution in [0.1, 0.15) is 24.6 Å². The molecule has 0 bridgehead atoms. The lowest BCUT2D eigenvalue weighted by Crippen LogP contribution is -2.47. The molecule has 3 aromatic rings. The number of aliphatic hydroxyl groups excluding tert-OH is 2. The molecule has 192 valence electrons. The second-order valence-electron chi connectivity index (χ2n) is 8.74. The number of hydrogen-bond acceptors (Lipinski definition) is 8. The summed E-state index contributed by atoms with van der Waals surface area (Å²) in [5.41, 5.74) is 1.44. The SMILES string of the molecule is O=c1[nH]c2ccccc2c(=O)n1CCCNC/C=C/CNCCCN1C(O)Nc2ccccc2C1O. The minimum absolute atomic E-state index is 0.259. The Labute approximate surface area is 209 Å². The summed E-state index contributed by atoms with van der Waals surface area (Å²) in [6, 6.07) is 14.5. The van der Waals surface area contributed by atoms with E-state index in [1.165, 1.54) is 4.57 Å². The van der Waals surface area contributed by atoms with Gasteiger partial charge in [0, 0.05) is 37.4 Å². The molecule has 2 heterocycles. The van der Waals surface area contributed by atoms with Gasteiger partial charge in [-0.1, -0.05) is 42.5 Å². The van der Waals surface area contributed by atoms with Gasteiger partial charge in [-0.15, -0.1) is 0 Å². The van der Waals surface area contributed by atoms with Crippen LogP contribution in [0.5, 0.6) is 0 Å². The standard InChI is InChI=1S/C26H34N6O4/c33-23-19-9-1-3-11-21(19)29-25(35)31(23)17-7-15-27-13-5-6-14-28-16-8-18-32-24(34)20-10-2-4-12-22(20)30-26(32)36/h1-6,9-12,23,25,27-29,33,35H,7-8,13-18H2,(H,30,36)/b6-5+. The third kappa shape index (κ3) is 6.28. The zero-order chi connectivity index (χ0) is 25.3. The maximum atomic E-state index is 12.5. The molecule has 1 aromatic heterocycles. The molecule has 0 aliphatic carbocycles. The number of anilines is 1. The molecule has 0 amide bonds. The van der Waals surface area contributed by atoms with Crippen molar-refractivity contribution in [2.75, 3.05) is 38.0 Å². The molecule has 10 nitrogen and oxygen atoms in total. The van der Waals surface area contributed by atoms with Gasteiger partial charge in [-0.2, -0.15) is 0 Å². The summed E-state index contributed by atoms with van der Waals surface area (Å²) in [6.07, 6.45) is 3.76. The molecule has 2 unspecified atom stereocenters. The van der Waals surface area contributed by atoms with E-state index >= 15 is 0 Å². The van der Waals surface area contributed by atoms with E-state index in [4.69, 9.17) is 0 Å². The number of aromatic nitrogens is 2. The maximum absolute atomic E-state index is 12.5. The predicted octanol–water partition coefficient (Wildman–Crippen LogP) is 0.900. The Morgan fingerprint density at radius 1 is 0.889 bits per heavy atom. The van der Waals surface area contributed by atoms with Crippen molar-refractivity contribution < 1.29 is 10.2 Å². The Hall–Kier alpha value is -3.28. The number of fused-ring (bicyclic) bond motifs is 2. The molecule has 0 radical (unpaired) electrons. The first-order valence-electron chi connectivity index (χ1n) is 12.3. The Kier molecular flexibility index (Phi) is 9.04. The first kappa shape index (κ1) is 25.8. The number of nitrogens with one attached hydrogen (secondary N) is 4. The summed E-state index contributed by atoms with van der Waals surface area (Å²) in [6.45, 7) is 3.76. The Bertz CT molecular complexity index is 1290. The van der Waals surface area contributed by atoms with Crippen LogP contribution >= 0.6 is 0 Å². The molecular weight excluding hydrogens is 460 g/mol. The monoisotopic (exact) mass is 494 g/mol. The van der Waals surface area contributed by atoms with Gasteiger partial charge < -0.3 is 31.1 Å². The summed E-state index contributed by atoms with van der Waals surface area (Å²) in [5.74, 6) is 0. The van der Waals surface area contributed by atoms with E-state index in [0.29, 0.717) is 43.5 Å². The molecule has 10 heteroatoms. The van der Waals surface area contributed by atoms with Crippen LogP contribution in [0.15, 0.2) is 70.3 Å². The lowest BCUT2D eigenvalue weighted by molar-refractivity contribution is -0.0979. The Balaban J connectivity index is 1.07. The summed E-state index contributed by atoms with van der Waals surface area (Å²) in [5, 5.41) is 30.9. The van der Waals surface area contributed by atoms with Crippen molar-refractivity contribution in [1.29, 1.82) is 0 Å². The van der Waals surface area contributed by atoms with E-state index < -0.39 is 12.6 Å². The molecule has 2 atom stereocenters. The molecule has 2 aromatic carbocycles. The summed E-state index contributed by atoms with van der Waals surface area (Å²) < 4.78 is 1.25. The molecule has 0 saturated carbocycles. The average Bonchev–Trinajstić information content (AvgIpc) is 2.88. The van der Waals surface area contributed by atoms with Crippen LogP contribution < -0.4 is 27.2 Å². The molecule has 0 spiro atoms. The van der Waals surface area contributed by atoms with Crippen molar-refractivity contribution in [3.8, 4) is 0 Å². The highest BCUT2D eigenvalue weighted by molar-refractivity contribution is 5.76. The Morgan fingerprint density at radius 2 is 1.56 bits per heavy atom. The lowest BCUT2D eigenvalue weighted by Gasteiger charge is -2.38. The number of nitrogens with zero attached hydrogens (tertiary/aromatic N) is 2. The fourth-order valence-electron chi connectivity index (χ4n) is 4.32. The minimum atomic E-state index is -0.918. The smallest absolute Gasteiger partial charge is 0.328 e. The van der Waals surface area contributed by atoms with Crippen LogP contribution in [0.2, 0.25) is 0 Å². The third-order valence-electron chi connectivity index (χ3n) is 6.24. The van der Waals surface area contributed by atoms with Gasteiger partial charge in [0.25, 0.3) is 5.56 Å². The van der Waals surface area contributed by atoms with Crippen LogP contribution in [-0.4, -0.2) is 63.7 Å². The van der Waals surface area contributed by atoms with E-state index in [1.54, 1.807) is 29.2 Å². The van der Waals surface area contributed by atoms with Gasteiger partial charge in [-0.05, 0) is 44.1 Å². The van der Waals surface area contributed by atoms with Crippen molar-refractivity contribution in [3.05, 3.63) is 87.1 Å². The van der Waals surface area contributed by atoms with E-state index in [1.807, 2.05) is 36.4 Å². The van der Waals surface area contributed by atoms with Crippen molar-refractivity contribution in [2.45, 2.75) is 32.0 Å². The fraction of sp³-hybridized carbons (Fsp3) is 0.385. The van der Waals surface area contributed by atoms with E-state index in [9.17, 15) is 19.8 Å². The number of hydrogen-bond donors (Lipinski definition) is 6. The normalized spacial score (nSPS) is 17.9. The van der Waals surface area contributed by atoms with Crippen molar-refractivity contribution in [1.82, 2.24) is 25.1 Å². The van der Waals surface area contributed by atoms with Gasteiger partial charge >= 0.3 is 5.69 Å². The van der Waals surface area contributed by atoms with E-state index in [2.05, 4.69) is 20.9 Å². The molecule has 36 heavy (non-hydrogen) atoms. The van der Waals surface area contributed by atoms with Crippen molar-refractivity contribution in [2.24, 2.45) is 0 Å². The summed E-state index contributed by atoms with van der Waals surface area (Å²) in [4.78, 5) is 29.1. The average molecular weight is 495 g/mol. The Morgan fingerprint density at radius 3 is 2.33 bits per heavy atom. The first-order valence-corrected chi connectivity index (χ1v) is 12.3. The minimum Gasteiger partial charge on any atom is -0.374 e. The zero-order valence-corrected chi connectivity index (χ0v) is 20.2. The van der Waals surface area contributed by atoms with Crippen LogP contribution in [-0.2, 0) is 6.54 Å². The zero-order valence-electron chi connectivity index (χ0n) is 20.2. The molecule has 0 fully saturated rings. The molecule has 4 rings (SSSR count). The second kappa shape index (κ2) is 12.6. The molecule has 0 saturated heterocycles. The van der Waals surface area contributed by atoms with Crippen LogP contribution in [0.4, 0.5) is 5.69 Å². The van der Waals surface area contributed by atoms with Gasteiger partial charge in [0.1, 0.15) is 6.23 Å². The largest absolute Gasteiger partial charge is 0.374 e. The quantitative estimate of drug-likeness (QED) is 0.162. The van der Waals surface area contributed by atoms with Crippen LogP contribution in [0, 0.1) is 0 Å². The number of para-hydroxylation sites is 2. The van der Waals surface area contributed by atoms with Crippen LogP contribution in [0.25, 0.3) is 10.9 Å². The summed E-state index contributed by atoms with van der Waals surface area (Å²) >= 11 is 0. The molecule has 1 aliphatic heterocycles. The number of H-pyrrole nitrogens is 1. The molecular formula is C26H34N6O4. The van der Waals surface area contributed by atoms with Crippen molar-refractivity contribution in [3.63, 3.8) is 0 Å². The number of aromatic amines is 1. The number of aliphatic hydroxyl groups is 2. The predicted molar refractivity (Wildman–Crippen MR) is 141 cm³/mol. The fourth-order valence-corrected chi connectivity index (χ4v) is 4.32. The van der Waals surface area contributed by atoms with Crippen molar-refractivity contribution >= 4 is 16.6 Å². The van der Waals surface area contributed by atoms with Gasteiger partial charge in [0.05, 0.1) is 10.9 Å².